The molecule has 0 atom stereocenters. The molecule has 2 aromatic rings. The maximum atomic E-state index is 11.8. The van der Waals surface area contributed by atoms with Crippen LogP contribution in [-0.4, -0.2) is 18.6 Å². The second-order valence-corrected chi connectivity index (χ2v) is 6.10. The molecule has 2 aromatic carbocycles. The summed E-state index contributed by atoms with van der Waals surface area (Å²) in [4.78, 5) is 0. The third-order valence-corrected chi connectivity index (χ3v) is 3.72. The Hall–Kier alpha value is -2.53. The Morgan fingerprint density at radius 3 is 1.33 bits per heavy atom. The zero-order valence-electron chi connectivity index (χ0n) is 11.0. The second-order valence-electron chi connectivity index (χ2n) is 4.38. The maximum Gasteiger partial charge on any atom is 0.193 e. The van der Waals surface area contributed by atoms with E-state index in [2.05, 4.69) is 0 Å². The number of rotatable bonds is 4. The quantitative estimate of drug-likeness (QED) is 0.909. The largest absolute Gasteiger partial charge is 0.508 e. The summed E-state index contributed by atoms with van der Waals surface area (Å²) in [5.74, 6) is 0.254. The molecule has 0 spiro atoms. The molecular weight excluding hydrogens is 288 g/mol. The van der Waals surface area contributed by atoms with Crippen molar-refractivity contribution in [2.24, 2.45) is 0 Å². The van der Waals surface area contributed by atoms with Crippen molar-refractivity contribution in [1.82, 2.24) is 0 Å². The van der Waals surface area contributed by atoms with Crippen molar-refractivity contribution in [1.29, 1.82) is 0 Å². The summed E-state index contributed by atoms with van der Waals surface area (Å²) < 4.78 is 23.7. The van der Waals surface area contributed by atoms with Gasteiger partial charge >= 0.3 is 0 Å². The van der Waals surface area contributed by atoms with E-state index in [1.165, 1.54) is 36.4 Å². The van der Waals surface area contributed by atoms with Gasteiger partial charge in [-0.1, -0.05) is 24.3 Å². The standard InChI is InChI=1S/C16H14O4S/c17-15-5-1-13(2-6-15)9-11-21(19,20)12-10-14-3-7-16(18)8-4-14/h1-12,17-18H. The lowest BCUT2D eigenvalue weighted by Crippen LogP contribution is -1.87. The zero-order valence-corrected chi connectivity index (χ0v) is 11.9. The predicted molar refractivity (Wildman–Crippen MR) is 83.2 cm³/mol. The Kier molecular flexibility index (Phi) is 4.45. The van der Waals surface area contributed by atoms with Gasteiger partial charge in [0.25, 0.3) is 0 Å². The molecule has 2 rings (SSSR count). The minimum Gasteiger partial charge on any atom is -0.508 e. The number of aromatic hydroxyl groups is 2. The number of hydrogen-bond donors (Lipinski definition) is 2. The van der Waals surface area contributed by atoms with Crippen molar-refractivity contribution >= 4 is 22.0 Å². The summed E-state index contributed by atoms with van der Waals surface area (Å²) in [7, 11) is -3.48. The van der Waals surface area contributed by atoms with Gasteiger partial charge in [-0.05, 0) is 47.5 Å². The van der Waals surface area contributed by atoms with E-state index < -0.39 is 9.84 Å². The summed E-state index contributed by atoms with van der Waals surface area (Å²) in [5.41, 5.74) is 1.35. The molecule has 2 N–H and O–H groups in total. The first kappa shape index (κ1) is 14.9. The third-order valence-electron chi connectivity index (χ3n) is 2.69. The predicted octanol–water partition coefficient (Wildman–Crippen LogP) is 3.15. The van der Waals surface area contributed by atoms with E-state index in [-0.39, 0.29) is 11.5 Å². The molecule has 0 radical (unpaired) electrons. The number of benzene rings is 2. The number of sulfone groups is 1. The van der Waals surface area contributed by atoms with Crippen LogP contribution in [0.1, 0.15) is 11.1 Å². The Bertz CT molecular complexity index is 693. The number of phenolic OH excluding ortho intramolecular Hbond substituents is 2. The molecule has 0 heterocycles. The van der Waals surface area contributed by atoms with Gasteiger partial charge in [-0.15, -0.1) is 0 Å². The highest BCUT2D eigenvalue weighted by Gasteiger charge is 2.00. The fraction of sp³-hybridized carbons (Fsp3) is 0. The Balaban J connectivity index is 2.11. The van der Waals surface area contributed by atoms with Gasteiger partial charge in [0, 0.05) is 10.8 Å². The molecule has 108 valence electrons. The Morgan fingerprint density at radius 1 is 0.667 bits per heavy atom. The molecule has 0 aromatic heterocycles. The van der Waals surface area contributed by atoms with Crippen molar-refractivity contribution < 1.29 is 18.6 Å². The lowest BCUT2D eigenvalue weighted by molar-refractivity contribution is 0.474. The van der Waals surface area contributed by atoms with Crippen LogP contribution in [0.25, 0.3) is 12.2 Å². The van der Waals surface area contributed by atoms with Gasteiger partial charge in [-0.2, -0.15) is 0 Å². The average molecular weight is 302 g/mol. The van der Waals surface area contributed by atoms with Gasteiger partial charge in [0.05, 0.1) is 0 Å². The van der Waals surface area contributed by atoms with Gasteiger partial charge in [-0.25, -0.2) is 8.42 Å². The van der Waals surface area contributed by atoms with Crippen molar-refractivity contribution in [3.8, 4) is 11.5 Å². The molecule has 4 nitrogen and oxygen atoms in total. The van der Waals surface area contributed by atoms with E-state index in [0.29, 0.717) is 11.1 Å². The molecule has 0 saturated carbocycles. The van der Waals surface area contributed by atoms with Crippen molar-refractivity contribution in [3.05, 3.63) is 70.5 Å². The van der Waals surface area contributed by atoms with Gasteiger partial charge < -0.3 is 10.2 Å². The summed E-state index contributed by atoms with van der Waals surface area (Å²) in [6.45, 7) is 0. The van der Waals surface area contributed by atoms with Crippen LogP contribution in [0.5, 0.6) is 11.5 Å². The van der Waals surface area contributed by atoms with E-state index in [0.717, 1.165) is 10.8 Å². The maximum absolute atomic E-state index is 11.8. The third kappa shape index (κ3) is 4.81. The van der Waals surface area contributed by atoms with Crippen molar-refractivity contribution in [2.45, 2.75) is 0 Å². The smallest absolute Gasteiger partial charge is 0.193 e. The highest BCUT2D eigenvalue weighted by atomic mass is 32.2. The Morgan fingerprint density at radius 2 is 1.00 bits per heavy atom. The molecule has 21 heavy (non-hydrogen) atoms. The van der Waals surface area contributed by atoms with E-state index in [9.17, 15) is 8.42 Å². The topological polar surface area (TPSA) is 74.6 Å². The van der Waals surface area contributed by atoms with Crippen molar-refractivity contribution in [2.75, 3.05) is 0 Å². The summed E-state index contributed by atoms with van der Waals surface area (Å²) in [6, 6.07) is 12.4. The van der Waals surface area contributed by atoms with Crippen LogP contribution in [0, 0.1) is 0 Å². The zero-order chi connectivity index (χ0) is 15.3. The van der Waals surface area contributed by atoms with Crippen LogP contribution in [0.4, 0.5) is 0 Å². The Labute approximate surface area is 123 Å². The molecule has 5 heteroatoms. The molecule has 0 bridgehead atoms. The lowest BCUT2D eigenvalue weighted by atomic mass is 10.2. The molecular formula is C16H14O4S. The van der Waals surface area contributed by atoms with Crippen LogP contribution in [0.15, 0.2) is 59.3 Å². The second kappa shape index (κ2) is 6.28. The van der Waals surface area contributed by atoms with Crippen LogP contribution in [0.3, 0.4) is 0 Å². The highest BCUT2D eigenvalue weighted by molar-refractivity contribution is 7.97. The summed E-state index contributed by atoms with van der Waals surface area (Å²) >= 11 is 0. The van der Waals surface area contributed by atoms with E-state index in [4.69, 9.17) is 10.2 Å². The van der Waals surface area contributed by atoms with Gasteiger partial charge in [0.2, 0.25) is 0 Å². The fourth-order valence-corrected chi connectivity index (χ4v) is 2.35. The number of phenols is 2. The molecule has 0 aliphatic heterocycles. The van der Waals surface area contributed by atoms with Crippen LogP contribution in [0.2, 0.25) is 0 Å². The minimum absolute atomic E-state index is 0.127. The monoisotopic (exact) mass is 302 g/mol. The van der Waals surface area contributed by atoms with Crippen LogP contribution in [-0.2, 0) is 9.84 Å². The first-order valence-corrected chi connectivity index (χ1v) is 7.75. The first-order valence-electron chi connectivity index (χ1n) is 6.14. The van der Waals surface area contributed by atoms with Gasteiger partial charge in [0.1, 0.15) is 11.5 Å². The van der Waals surface area contributed by atoms with E-state index >= 15 is 0 Å². The lowest BCUT2D eigenvalue weighted by Gasteiger charge is -1.95. The first-order chi connectivity index (χ1) is 9.94. The summed E-state index contributed by atoms with van der Waals surface area (Å²) in [6.07, 6.45) is 2.91. The molecule has 0 fully saturated rings. The normalized spacial score (nSPS) is 12.2. The minimum atomic E-state index is -3.48. The molecule has 0 unspecified atom stereocenters. The fourth-order valence-electron chi connectivity index (χ4n) is 1.56. The molecule has 0 aliphatic carbocycles. The van der Waals surface area contributed by atoms with Gasteiger partial charge in [-0.3, -0.25) is 0 Å². The van der Waals surface area contributed by atoms with Crippen LogP contribution < -0.4 is 0 Å². The van der Waals surface area contributed by atoms with Crippen LogP contribution >= 0.6 is 0 Å². The number of hydrogen-bond acceptors (Lipinski definition) is 4. The van der Waals surface area contributed by atoms with Crippen molar-refractivity contribution in [3.63, 3.8) is 0 Å². The van der Waals surface area contributed by atoms with E-state index in [1.807, 2.05) is 0 Å². The SMILES string of the molecule is O=S(=O)(C=Cc1ccc(O)cc1)C=Cc1ccc(O)cc1. The molecule has 0 aliphatic rings. The highest BCUT2D eigenvalue weighted by Crippen LogP contribution is 2.14. The summed E-state index contributed by atoms with van der Waals surface area (Å²) in [5, 5.41) is 20.5. The average Bonchev–Trinajstić information content (AvgIpc) is 2.46. The van der Waals surface area contributed by atoms with Gasteiger partial charge in [0.15, 0.2) is 9.84 Å². The molecule has 0 saturated heterocycles. The van der Waals surface area contributed by atoms with E-state index in [1.54, 1.807) is 24.3 Å². The molecule has 0 amide bonds.